The van der Waals surface area contributed by atoms with Crippen molar-refractivity contribution in [3.05, 3.63) is 33.9 Å². The van der Waals surface area contributed by atoms with Gasteiger partial charge in [0, 0.05) is 24.7 Å². The highest BCUT2D eigenvalue weighted by molar-refractivity contribution is 5.99. The van der Waals surface area contributed by atoms with Crippen molar-refractivity contribution in [2.24, 2.45) is 0 Å². The van der Waals surface area contributed by atoms with Crippen LogP contribution in [0.2, 0.25) is 0 Å². The van der Waals surface area contributed by atoms with Crippen molar-refractivity contribution in [1.82, 2.24) is 5.32 Å². The lowest BCUT2D eigenvalue weighted by Gasteiger charge is -2.18. The molecule has 1 heterocycles. The molecule has 21 heavy (non-hydrogen) atoms. The van der Waals surface area contributed by atoms with Gasteiger partial charge in [0.05, 0.1) is 16.7 Å². The molecule has 1 aliphatic heterocycles. The first kappa shape index (κ1) is 13.9. The lowest BCUT2D eigenvalue weighted by Crippen LogP contribution is -2.39. The highest BCUT2D eigenvalue weighted by Gasteiger charge is 2.38. The lowest BCUT2D eigenvalue weighted by molar-refractivity contribution is -0.387. The second-order valence-corrected chi connectivity index (χ2v) is 5.28. The van der Waals surface area contributed by atoms with Gasteiger partial charge >= 0.3 is 5.69 Å². The Kier molecular flexibility index (Phi) is 3.32. The fourth-order valence-electron chi connectivity index (χ4n) is 2.48. The highest BCUT2D eigenvalue weighted by atomic mass is 19.1. The summed E-state index contributed by atoms with van der Waals surface area (Å²) in [7, 11) is 0. The third kappa shape index (κ3) is 2.58. The minimum Gasteiger partial charge on any atom is -0.308 e. The Morgan fingerprint density at radius 1 is 1.24 bits per heavy atom. The molecule has 1 aromatic carbocycles. The first-order valence-corrected chi connectivity index (χ1v) is 6.68. The summed E-state index contributed by atoms with van der Waals surface area (Å²) < 4.78 is 27.2. The topological polar surface area (TPSA) is 75.5 Å². The number of nitro benzene ring substituents is 1. The van der Waals surface area contributed by atoms with Crippen LogP contribution < -0.4 is 10.2 Å². The zero-order valence-corrected chi connectivity index (χ0v) is 11.0. The van der Waals surface area contributed by atoms with E-state index >= 15 is 0 Å². The number of anilines is 1. The van der Waals surface area contributed by atoms with Gasteiger partial charge in [0.1, 0.15) is 5.82 Å². The summed E-state index contributed by atoms with van der Waals surface area (Å²) in [5.74, 6) is -2.55. The number of hydrogen-bond acceptors (Lipinski definition) is 4. The van der Waals surface area contributed by atoms with Crippen LogP contribution in [0.5, 0.6) is 0 Å². The van der Waals surface area contributed by atoms with Gasteiger partial charge in [-0.2, -0.15) is 4.39 Å². The van der Waals surface area contributed by atoms with Gasteiger partial charge in [0.2, 0.25) is 11.7 Å². The first-order chi connectivity index (χ1) is 9.97. The van der Waals surface area contributed by atoms with E-state index in [9.17, 15) is 23.7 Å². The van der Waals surface area contributed by atoms with Crippen molar-refractivity contribution in [2.75, 3.05) is 11.4 Å². The first-order valence-electron chi connectivity index (χ1n) is 6.68. The molecule has 112 valence electrons. The van der Waals surface area contributed by atoms with E-state index in [0.717, 1.165) is 23.8 Å². The van der Waals surface area contributed by atoms with Crippen LogP contribution in [0, 0.1) is 21.7 Å². The number of carbonyl (C=O) groups excluding carboxylic acids is 1. The number of nitro groups is 1. The van der Waals surface area contributed by atoms with Gasteiger partial charge < -0.3 is 10.2 Å². The Hall–Kier alpha value is -2.09. The average molecular weight is 297 g/mol. The maximum Gasteiger partial charge on any atom is 0.307 e. The molecule has 1 aliphatic carbocycles. The number of halogens is 2. The average Bonchev–Trinajstić information content (AvgIpc) is 3.15. The van der Waals surface area contributed by atoms with Crippen molar-refractivity contribution in [3.8, 4) is 0 Å². The Balaban J connectivity index is 1.87. The second-order valence-electron chi connectivity index (χ2n) is 5.28. The monoisotopic (exact) mass is 297 g/mol. The van der Waals surface area contributed by atoms with Crippen molar-refractivity contribution in [1.29, 1.82) is 0 Å². The fraction of sp³-hybridized carbons (Fsp3) is 0.462. The number of carbonyl (C=O) groups is 1. The van der Waals surface area contributed by atoms with Gasteiger partial charge in [0.25, 0.3) is 0 Å². The molecular weight excluding hydrogens is 284 g/mol. The van der Waals surface area contributed by atoms with E-state index in [0.29, 0.717) is 18.5 Å². The zero-order chi connectivity index (χ0) is 15.1. The maximum absolute atomic E-state index is 13.8. The number of benzene rings is 1. The van der Waals surface area contributed by atoms with Gasteiger partial charge in [-0.05, 0) is 19.3 Å². The van der Waals surface area contributed by atoms with E-state index < -0.39 is 28.3 Å². The van der Waals surface area contributed by atoms with Gasteiger partial charge in [-0.3, -0.25) is 14.9 Å². The molecule has 1 atom stereocenters. The molecule has 8 heteroatoms. The van der Waals surface area contributed by atoms with Crippen LogP contribution >= 0.6 is 0 Å². The Morgan fingerprint density at radius 3 is 2.57 bits per heavy atom. The van der Waals surface area contributed by atoms with E-state index in [-0.39, 0.29) is 18.1 Å². The molecule has 1 unspecified atom stereocenters. The van der Waals surface area contributed by atoms with Crippen molar-refractivity contribution in [2.45, 2.75) is 31.3 Å². The van der Waals surface area contributed by atoms with Crippen LogP contribution in [0.15, 0.2) is 12.1 Å². The van der Waals surface area contributed by atoms with Gasteiger partial charge in [0.15, 0.2) is 0 Å². The number of nitrogens with one attached hydrogen (secondary N) is 1. The molecule has 1 saturated carbocycles. The summed E-state index contributed by atoms with van der Waals surface area (Å²) in [5.41, 5.74) is -1.08. The quantitative estimate of drug-likeness (QED) is 0.678. The molecular formula is C13H13F2N3O3. The molecule has 0 aromatic heterocycles. The zero-order valence-electron chi connectivity index (χ0n) is 11.0. The molecule has 0 spiro atoms. The molecule has 2 fully saturated rings. The molecule has 2 aliphatic rings. The standard InChI is InChI=1S/C13H13F2N3O3/c14-8-5-9(15)12(18(20)21)6-11(8)17-4-3-10(13(17)19)16-7-1-2-7/h5-7,10,16H,1-4H2. The summed E-state index contributed by atoms with van der Waals surface area (Å²) in [5, 5.41) is 13.9. The van der Waals surface area contributed by atoms with Crippen molar-refractivity contribution in [3.63, 3.8) is 0 Å². The van der Waals surface area contributed by atoms with Gasteiger partial charge in [-0.15, -0.1) is 0 Å². The normalized spacial score (nSPS) is 21.9. The molecule has 0 radical (unpaired) electrons. The fourth-order valence-corrected chi connectivity index (χ4v) is 2.48. The van der Waals surface area contributed by atoms with E-state index in [1.807, 2.05) is 0 Å². The van der Waals surface area contributed by atoms with E-state index in [2.05, 4.69) is 5.32 Å². The molecule has 1 N–H and O–H groups in total. The molecule has 0 bridgehead atoms. The number of nitrogens with zero attached hydrogens (tertiary/aromatic N) is 2. The molecule has 1 amide bonds. The van der Waals surface area contributed by atoms with E-state index in [1.54, 1.807) is 0 Å². The second kappa shape index (κ2) is 5.03. The minimum atomic E-state index is -1.25. The largest absolute Gasteiger partial charge is 0.308 e. The van der Waals surface area contributed by atoms with Crippen LogP contribution in [0.1, 0.15) is 19.3 Å². The van der Waals surface area contributed by atoms with E-state index in [1.165, 1.54) is 0 Å². The van der Waals surface area contributed by atoms with Crippen LogP contribution in [0.3, 0.4) is 0 Å². The third-order valence-corrected chi connectivity index (χ3v) is 3.72. The van der Waals surface area contributed by atoms with Crippen LogP contribution in [0.25, 0.3) is 0 Å². The minimum absolute atomic E-state index is 0.242. The van der Waals surface area contributed by atoms with Crippen molar-refractivity contribution >= 4 is 17.3 Å². The Labute approximate surface area is 118 Å². The van der Waals surface area contributed by atoms with Crippen LogP contribution in [-0.4, -0.2) is 29.5 Å². The van der Waals surface area contributed by atoms with Gasteiger partial charge in [-0.25, -0.2) is 4.39 Å². The maximum atomic E-state index is 13.8. The number of rotatable bonds is 4. The molecule has 1 aromatic rings. The summed E-state index contributed by atoms with van der Waals surface area (Å²) in [6, 6.07) is 1.15. The molecule has 6 nitrogen and oxygen atoms in total. The van der Waals surface area contributed by atoms with Crippen LogP contribution in [-0.2, 0) is 4.79 Å². The summed E-state index contributed by atoms with van der Waals surface area (Å²) in [6.45, 7) is 0.253. The Morgan fingerprint density at radius 2 is 1.95 bits per heavy atom. The molecule has 3 rings (SSSR count). The summed E-state index contributed by atoms with van der Waals surface area (Å²) in [4.78, 5) is 23.2. The summed E-state index contributed by atoms with van der Waals surface area (Å²) >= 11 is 0. The third-order valence-electron chi connectivity index (χ3n) is 3.72. The predicted octanol–water partition coefficient (Wildman–Crippen LogP) is 1.73. The van der Waals surface area contributed by atoms with Gasteiger partial charge in [-0.1, -0.05) is 0 Å². The lowest BCUT2D eigenvalue weighted by atomic mass is 10.2. The smallest absolute Gasteiger partial charge is 0.307 e. The van der Waals surface area contributed by atoms with E-state index in [4.69, 9.17) is 0 Å². The Bertz CT molecular complexity index is 619. The summed E-state index contributed by atoms with van der Waals surface area (Å²) in [6.07, 6.45) is 2.53. The van der Waals surface area contributed by atoms with Crippen molar-refractivity contribution < 1.29 is 18.5 Å². The predicted molar refractivity (Wildman–Crippen MR) is 69.9 cm³/mol. The highest BCUT2D eigenvalue weighted by Crippen LogP contribution is 2.31. The number of amides is 1. The molecule has 1 saturated heterocycles. The SMILES string of the molecule is O=C1C(NC2CC2)CCN1c1cc([N+](=O)[O-])c(F)cc1F. The number of hydrogen-bond donors (Lipinski definition) is 1. The van der Waals surface area contributed by atoms with Crippen LogP contribution in [0.4, 0.5) is 20.2 Å².